The quantitative estimate of drug-likeness (QED) is 0.681. The van der Waals surface area contributed by atoms with Crippen molar-refractivity contribution in [3.05, 3.63) is 71.5 Å². The maximum atomic E-state index is 12.8. The lowest BCUT2D eigenvalue weighted by Gasteiger charge is -2.32. The summed E-state index contributed by atoms with van der Waals surface area (Å²) in [5.74, 6) is 0.899. The second-order valence-electron chi connectivity index (χ2n) is 6.50. The van der Waals surface area contributed by atoms with E-state index in [2.05, 4.69) is 4.98 Å². The third-order valence-corrected chi connectivity index (χ3v) is 4.99. The molecule has 132 valence electrons. The van der Waals surface area contributed by atoms with Gasteiger partial charge in [-0.25, -0.2) is 0 Å². The van der Waals surface area contributed by atoms with Crippen LogP contribution in [0.5, 0.6) is 5.75 Å². The molecule has 1 amide bonds. The van der Waals surface area contributed by atoms with Crippen LogP contribution in [-0.4, -0.2) is 35.0 Å². The number of ether oxygens (including phenoxy) is 1. The van der Waals surface area contributed by atoms with Gasteiger partial charge in [-0.3, -0.25) is 9.78 Å². The number of pyridine rings is 1. The number of halogens is 1. The van der Waals surface area contributed by atoms with Crippen molar-refractivity contribution >= 4 is 28.3 Å². The summed E-state index contributed by atoms with van der Waals surface area (Å²) in [4.78, 5) is 18.8. The maximum absolute atomic E-state index is 12.8. The van der Waals surface area contributed by atoms with Crippen molar-refractivity contribution in [3.8, 4) is 5.75 Å². The predicted molar refractivity (Wildman–Crippen MR) is 103 cm³/mol. The Labute approximate surface area is 157 Å². The van der Waals surface area contributed by atoms with Crippen molar-refractivity contribution in [1.29, 1.82) is 0 Å². The number of rotatable bonds is 3. The number of carbonyl (C=O) groups excluding carboxylic acids is 1. The van der Waals surface area contributed by atoms with Crippen LogP contribution in [0.1, 0.15) is 23.2 Å². The van der Waals surface area contributed by atoms with E-state index in [1.165, 1.54) is 0 Å². The molecule has 5 heteroatoms. The first-order valence-electron chi connectivity index (χ1n) is 8.74. The number of hydrogen-bond acceptors (Lipinski definition) is 3. The van der Waals surface area contributed by atoms with Crippen LogP contribution in [0.25, 0.3) is 10.8 Å². The van der Waals surface area contributed by atoms with Crippen LogP contribution >= 0.6 is 11.6 Å². The lowest BCUT2D eigenvalue weighted by molar-refractivity contribution is 0.0595. The van der Waals surface area contributed by atoms with Gasteiger partial charge in [-0.2, -0.15) is 0 Å². The standard InChI is InChI=1S/C21H19ClN2O2/c22-18-3-5-19(6-4-18)26-20-8-11-24(12-9-20)21(25)16-1-2-17-14-23-10-7-15(17)13-16/h1-7,10,13-14,20H,8-9,11-12H2. The molecule has 4 nitrogen and oxygen atoms in total. The van der Waals surface area contributed by atoms with Crippen LogP contribution in [0.4, 0.5) is 0 Å². The molecule has 0 unspecified atom stereocenters. The van der Waals surface area contributed by atoms with Gasteiger partial charge in [-0.15, -0.1) is 0 Å². The number of amides is 1. The largest absolute Gasteiger partial charge is 0.490 e. The number of likely N-dealkylation sites (tertiary alicyclic amines) is 1. The number of piperidine rings is 1. The summed E-state index contributed by atoms with van der Waals surface area (Å²) in [6, 6.07) is 15.1. The van der Waals surface area contributed by atoms with E-state index in [0.717, 1.165) is 34.9 Å². The van der Waals surface area contributed by atoms with Crippen LogP contribution in [-0.2, 0) is 0 Å². The molecule has 0 saturated carbocycles. The Balaban J connectivity index is 1.38. The van der Waals surface area contributed by atoms with Gasteiger partial charge in [0.25, 0.3) is 5.91 Å². The van der Waals surface area contributed by atoms with Gasteiger partial charge in [0, 0.05) is 54.3 Å². The fourth-order valence-corrected chi connectivity index (χ4v) is 3.41. The normalized spacial score (nSPS) is 15.2. The van der Waals surface area contributed by atoms with Crippen LogP contribution in [0, 0.1) is 0 Å². The van der Waals surface area contributed by atoms with Crippen LogP contribution in [0.2, 0.25) is 5.02 Å². The highest BCUT2D eigenvalue weighted by Crippen LogP contribution is 2.23. The topological polar surface area (TPSA) is 42.4 Å². The van der Waals surface area contributed by atoms with Crippen molar-refractivity contribution in [2.75, 3.05) is 13.1 Å². The van der Waals surface area contributed by atoms with E-state index >= 15 is 0 Å². The Morgan fingerprint density at radius 2 is 1.81 bits per heavy atom. The fraction of sp³-hybridized carbons (Fsp3) is 0.238. The molecule has 1 saturated heterocycles. The van der Waals surface area contributed by atoms with Crippen molar-refractivity contribution in [1.82, 2.24) is 9.88 Å². The molecule has 1 aliphatic rings. The molecule has 0 N–H and O–H groups in total. The highest BCUT2D eigenvalue weighted by molar-refractivity contribution is 6.30. The summed E-state index contributed by atoms with van der Waals surface area (Å²) in [5, 5.41) is 2.77. The summed E-state index contributed by atoms with van der Waals surface area (Å²) in [6.45, 7) is 1.40. The molecular weight excluding hydrogens is 348 g/mol. The van der Waals surface area contributed by atoms with E-state index < -0.39 is 0 Å². The van der Waals surface area contributed by atoms with Crippen molar-refractivity contribution < 1.29 is 9.53 Å². The molecule has 0 aliphatic carbocycles. The van der Waals surface area contributed by atoms with Gasteiger partial charge in [0.2, 0.25) is 0 Å². The molecule has 0 bridgehead atoms. The van der Waals surface area contributed by atoms with Gasteiger partial charge in [0.1, 0.15) is 11.9 Å². The summed E-state index contributed by atoms with van der Waals surface area (Å²) in [7, 11) is 0. The summed E-state index contributed by atoms with van der Waals surface area (Å²) < 4.78 is 6.00. The lowest BCUT2D eigenvalue weighted by atomic mass is 10.0. The molecule has 0 atom stereocenters. The Hall–Kier alpha value is -2.59. The zero-order valence-electron chi connectivity index (χ0n) is 14.3. The van der Waals surface area contributed by atoms with E-state index in [1.807, 2.05) is 59.6 Å². The molecular formula is C21H19ClN2O2. The van der Waals surface area contributed by atoms with Gasteiger partial charge in [-0.05, 0) is 47.9 Å². The third kappa shape index (κ3) is 3.65. The summed E-state index contributed by atoms with van der Waals surface area (Å²) >= 11 is 5.90. The van der Waals surface area contributed by atoms with Crippen LogP contribution < -0.4 is 4.74 Å². The third-order valence-electron chi connectivity index (χ3n) is 4.73. The van der Waals surface area contributed by atoms with Crippen molar-refractivity contribution in [2.24, 2.45) is 0 Å². The van der Waals surface area contributed by atoms with E-state index in [9.17, 15) is 4.79 Å². The molecule has 26 heavy (non-hydrogen) atoms. The Kier molecular flexibility index (Phi) is 4.76. The van der Waals surface area contributed by atoms with Crippen molar-refractivity contribution in [3.63, 3.8) is 0 Å². The Morgan fingerprint density at radius 1 is 1.04 bits per heavy atom. The first kappa shape index (κ1) is 16.9. The number of aromatic nitrogens is 1. The molecule has 2 heterocycles. The smallest absolute Gasteiger partial charge is 0.253 e. The van der Waals surface area contributed by atoms with Gasteiger partial charge in [-0.1, -0.05) is 17.7 Å². The number of hydrogen-bond donors (Lipinski definition) is 0. The highest BCUT2D eigenvalue weighted by atomic mass is 35.5. The zero-order valence-corrected chi connectivity index (χ0v) is 15.0. The minimum Gasteiger partial charge on any atom is -0.490 e. The number of fused-ring (bicyclic) bond motifs is 1. The second kappa shape index (κ2) is 7.34. The SMILES string of the molecule is O=C(c1ccc2cnccc2c1)N1CCC(Oc2ccc(Cl)cc2)CC1. The minimum absolute atomic E-state index is 0.0775. The molecule has 3 aromatic rings. The number of nitrogens with zero attached hydrogens (tertiary/aromatic N) is 2. The fourth-order valence-electron chi connectivity index (χ4n) is 3.28. The van der Waals surface area contributed by atoms with Crippen LogP contribution in [0.15, 0.2) is 60.9 Å². The molecule has 2 aromatic carbocycles. The molecule has 0 radical (unpaired) electrons. The van der Waals surface area contributed by atoms with Crippen molar-refractivity contribution in [2.45, 2.75) is 18.9 Å². The first-order valence-corrected chi connectivity index (χ1v) is 9.12. The average Bonchev–Trinajstić information content (AvgIpc) is 2.69. The summed E-state index contributed by atoms with van der Waals surface area (Å²) in [6.07, 6.45) is 5.33. The van der Waals surface area contributed by atoms with E-state index in [4.69, 9.17) is 16.3 Å². The Morgan fingerprint density at radius 3 is 2.58 bits per heavy atom. The second-order valence-corrected chi connectivity index (χ2v) is 6.94. The zero-order chi connectivity index (χ0) is 17.9. The minimum atomic E-state index is 0.0775. The Bertz CT molecular complexity index is 919. The predicted octanol–water partition coefficient (Wildman–Crippen LogP) is 4.57. The van der Waals surface area contributed by atoms with E-state index in [0.29, 0.717) is 18.1 Å². The van der Waals surface area contributed by atoms with Gasteiger partial charge in [0.15, 0.2) is 0 Å². The van der Waals surface area contributed by atoms with Crippen LogP contribution in [0.3, 0.4) is 0 Å². The molecule has 1 fully saturated rings. The monoisotopic (exact) mass is 366 g/mol. The molecule has 1 aromatic heterocycles. The lowest BCUT2D eigenvalue weighted by Crippen LogP contribution is -2.41. The number of carbonyl (C=O) groups is 1. The van der Waals surface area contributed by atoms with E-state index in [-0.39, 0.29) is 12.0 Å². The van der Waals surface area contributed by atoms with Gasteiger partial charge >= 0.3 is 0 Å². The van der Waals surface area contributed by atoms with E-state index in [1.54, 1.807) is 6.20 Å². The first-order chi connectivity index (χ1) is 12.7. The molecule has 4 rings (SSSR count). The highest BCUT2D eigenvalue weighted by Gasteiger charge is 2.24. The summed E-state index contributed by atoms with van der Waals surface area (Å²) in [5.41, 5.74) is 0.723. The molecule has 0 spiro atoms. The number of benzene rings is 2. The maximum Gasteiger partial charge on any atom is 0.253 e. The van der Waals surface area contributed by atoms with Gasteiger partial charge in [0.05, 0.1) is 0 Å². The average molecular weight is 367 g/mol. The molecule has 1 aliphatic heterocycles. The van der Waals surface area contributed by atoms with Gasteiger partial charge < -0.3 is 9.64 Å².